The van der Waals surface area contributed by atoms with Gasteiger partial charge in [-0.1, -0.05) is 23.8 Å². The number of hydrogen-bond donors (Lipinski definition) is 0. The first-order valence-corrected chi connectivity index (χ1v) is 4.86. The van der Waals surface area contributed by atoms with E-state index in [0.29, 0.717) is 6.61 Å². The number of terminal acetylenes is 1. The Morgan fingerprint density at radius 2 is 2.19 bits per heavy atom. The molecule has 0 aliphatic heterocycles. The average Bonchev–Trinajstić information content (AvgIpc) is 2.14. The number of hydrogen-bond acceptors (Lipinski definition) is 3. The Balaban J connectivity index is 4.00. The number of rotatable bonds is 4. The first-order valence-electron chi connectivity index (χ1n) is 4.86. The molecule has 0 radical (unpaired) electrons. The molecule has 0 fully saturated rings. The summed E-state index contributed by atoms with van der Waals surface area (Å²) < 4.78 is 9.98. The fraction of sp³-hybridized carbons (Fsp3) is 0.462. The lowest BCUT2D eigenvalue weighted by molar-refractivity contribution is -0.148. The molecule has 0 aromatic carbocycles. The molecular weight excluding hydrogens is 204 g/mol. The largest absolute Gasteiger partial charge is 0.447 e. The van der Waals surface area contributed by atoms with Crippen molar-refractivity contribution >= 4 is 5.97 Å². The molecule has 0 bridgehead atoms. The molecule has 0 N–H and O–H groups in total. The van der Waals surface area contributed by atoms with Crippen molar-refractivity contribution in [1.82, 2.24) is 0 Å². The van der Waals surface area contributed by atoms with Crippen molar-refractivity contribution in [2.24, 2.45) is 0 Å². The molecular formula is C13H16O3. The molecule has 0 rings (SSSR count). The molecule has 16 heavy (non-hydrogen) atoms. The predicted octanol–water partition coefficient (Wildman–Crippen LogP) is 1.54. The number of carbonyl (C=O) groups excluding carboxylic acids is 1. The average molecular weight is 220 g/mol. The molecule has 0 unspecified atom stereocenters. The van der Waals surface area contributed by atoms with E-state index in [1.165, 1.54) is 6.92 Å². The Morgan fingerprint density at radius 1 is 1.50 bits per heavy atom. The second-order valence-electron chi connectivity index (χ2n) is 3.49. The van der Waals surface area contributed by atoms with Crippen LogP contribution in [0.5, 0.6) is 0 Å². The minimum atomic E-state index is -0.768. The Labute approximate surface area is 96.8 Å². The monoisotopic (exact) mass is 220 g/mol. The van der Waals surface area contributed by atoms with Gasteiger partial charge in [0.1, 0.15) is 6.61 Å². The minimum absolute atomic E-state index is 0.288. The van der Waals surface area contributed by atoms with Crippen molar-refractivity contribution in [2.45, 2.75) is 26.4 Å². The van der Waals surface area contributed by atoms with Gasteiger partial charge in [-0.25, -0.2) is 0 Å². The van der Waals surface area contributed by atoms with Crippen LogP contribution in [0, 0.1) is 24.2 Å². The van der Waals surface area contributed by atoms with Crippen molar-refractivity contribution in [1.29, 1.82) is 0 Å². The molecule has 3 heteroatoms. The Hall–Kier alpha value is -1.71. The highest BCUT2D eigenvalue weighted by atomic mass is 16.6. The van der Waals surface area contributed by atoms with Crippen molar-refractivity contribution in [3.8, 4) is 24.2 Å². The Bertz CT molecular complexity index is 348. The predicted molar refractivity (Wildman–Crippen MR) is 62.4 cm³/mol. The maximum atomic E-state index is 10.7. The smallest absolute Gasteiger partial charge is 0.304 e. The summed E-state index contributed by atoms with van der Waals surface area (Å²) in [5.41, 5.74) is -0.768. The van der Waals surface area contributed by atoms with Crippen LogP contribution in [0.15, 0.2) is 12.2 Å². The summed E-state index contributed by atoms with van der Waals surface area (Å²) in [6.45, 7) is 5.52. The van der Waals surface area contributed by atoms with E-state index >= 15 is 0 Å². The summed E-state index contributed by atoms with van der Waals surface area (Å²) in [5.74, 6) is 7.58. The van der Waals surface area contributed by atoms with E-state index in [1.54, 1.807) is 26.0 Å². The second-order valence-corrected chi connectivity index (χ2v) is 3.49. The standard InChI is InChI=1S/C13H16O3/c1-5-10-15-11-8-6-7-9-13(3,4)16-12(2)14/h1,6,8H,10-11H2,2-4H3/b8-6+. The molecule has 0 heterocycles. The molecule has 0 amide bonds. The molecule has 0 atom stereocenters. The fourth-order valence-electron chi connectivity index (χ4n) is 0.893. The van der Waals surface area contributed by atoms with Crippen LogP contribution in [-0.4, -0.2) is 24.8 Å². The van der Waals surface area contributed by atoms with Crippen LogP contribution in [-0.2, 0) is 14.3 Å². The molecule has 0 spiro atoms. The van der Waals surface area contributed by atoms with E-state index < -0.39 is 5.60 Å². The van der Waals surface area contributed by atoms with Gasteiger partial charge in [-0.05, 0) is 19.9 Å². The number of carbonyl (C=O) groups is 1. The first-order chi connectivity index (χ1) is 7.48. The molecule has 86 valence electrons. The highest BCUT2D eigenvalue weighted by molar-refractivity contribution is 5.67. The Morgan fingerprint density at radius 3 is 2.75 bits per heavy atom. The third-order valence-electron chi connectivity index (χ3n) is 1.37. The Kier molecular flexibility index (Phi) is 6.76. The van der Waals surface area contributed by atoms with Gasteiger partial charge in [-0.2, -0.15) is 0 Å². The van der Waals surface area contributed by atoms with E-state index in [1.807, 2.05) is 0 Å². The normalized spacial score (nSPS) is 10.4. The summed E-state index contributed by atoms with van der Waals surface area (Å²) in [4.78, 5) is 10.7. The minimum Gasteiger partial charge on any atom is -0.447 e. The van der Waals surface area contributed by atoms with Crippen LogP contribution < -0.4 is 0 Å². The van der Waals surface area contributed by atoms with Gasteiger partial charge in [0.15, 0.2) is 5.60 Å². The molecule has 0 saturated carbocycles. The zero-order chi connectivity index (χ0) is 12.4. The number of esters is 1. The summed E-state index contributed by atoms with van der Waals surface area (Å²) in [6.07, 6.45) is 8.38. The van der Waals surface area contributed by atoms with Gasteiger partial charge in [0.05, 0.1) is 6.61 Å². The zero-order valence-corrected chi connectivity index (χ0v) is 9.87. The maximum absolute atomic E-state index is 10.7. The van der Waals surface area contributed by atoms with Crippen LogP contribution in [0.2, 0.25) is 0 Å². The van der Waals surface area contributed by atoms with Crippen LogP contribution in [0.1, 0.15) is 20.8 Å². The van der Waals surface area contributed by atoms with E-state index in [2.05, 4.69) is 17.8 Å². The van der Waals surface area contributed by atoms with Gasteiger partial charge in [-0.3, -0.25) is 4.79 Å². The lowest BCUT2D eigenvalue weighted by Gasteiger charge is -2.16. The SMILES string of the molecule is C#CCOC/C=C/C#CC(C)(C)OC(C)=O. The second kappa shape index (κ2) is 7.56. The third-order valence-corrected chi connectivity index (χ3v) is 1.37. The fourth-order valence-corrected chi connectivity index (χ4v) is 0.893. The number of allylic oxidation sites excluding steroid dienone is 1. The van der Waals surface area contributed by atoms with Crippen molar-refractivity contribution in [2.75, 3.05) is 13.2 Å². The first kappa shape index (κ1) is 14.3. The van der Waals surface area contributed by atoms with Crippen molar-refractivity contribution in [3.63, 3.8) is 0 Å². The summed E-state index contributed by atoms with van der Waals surface area (Å²) in [5, 5.41) is 0. The van der Waals surface area contributed by atoms with E-state index in [-0.39, 0.29) is 12.6 Å². The van der Waals surface area contributed by atoms with Crippen LogP contribution >= 0.6 is 0 Å². The topological polar surface area (TPSA) is 35.5 Å². The van der Waals surface area contributed by atoms with Crippen LogP contribution in [0.3, 0.4) is 0 Å². The van der Waals surface area contributed by atoms with Crippen molar-refractivity contribution < 1.29 is 14.3 Å². The third kappa shape index (κ3) is 8.87. The van der Waals surface area contributed by atoms with Gasteiger partial charge < -0.3 is 9.47 Å². The molecule has 0 aromatic heterocycles. The van der Waals surface area contributed by atoms with Gasteiger partial charge in [0, 0.05) is 6.92 Å². The van der Waals surface area contributed by atoms with Gasteiger partial charge >= 0.3 is 5.97 Å². The van der Waals surface area contributed by atoms with E-state index in [0.717, 1.165) is 0 Å². The molecule has 0 aliphatic rings. The van der Waals surface area contributed by atoms with E-state index in [4.69, 9.17) is 15.9 Å². The summed E-state index contributed by atoms with van der Waals surface area (Å²) in [6, 6.07) is 0. The van der Waals surface area contributed by atoms with Gasteiger partial charge in [0.2, 0.25) is 0 Å². The number of ether oxygens (including phenoxy) is 2. The lowest BCUT2D eigenvalue weighted by atomic mass is 10.1. The quantitative estimate of drug-likeness (QED) is 0.409. The molecule has 3 nitrogen and oxygen atoms in total. The van der Waals surface area contributed by atoms with Crippen LogP contribution in [0.25, 0.3) is 0 Å². The summed E-state index contributed by atoms with van der Waals surface area (Å²) in [7, 11) is 0. The maximum Gasteiger partial charge on any atom is 0.304 e. The molecule has 0 aliphatic carbocycles. The van der Waals surface area contributed by atoms with E-state index in [9.17, 15) is 4.79 Å². The highest BCUT2D eigenvalue weighted by Gasteiger charge is 2.16. The highest BCUT2D eigenvalue weighted by Crippen LogP contribution is 2.06. The van der Waals surface area contributed by atoms with Gasteiger partial charge in [0.25, 0.3) is 0 Å². The van der Waals surface area contributed by atoms with Gasteiger partial charge in [-0.15, -0.1) is 6.42 Å². The summed E-state index contributed by atoms with van der Waals surface area (Å²) >= 11 is 0. The van der Waals surface area contributed by atoms with Crippen LogP contribution in [0.4, 0.5) is 0 Å². The molecule has 0 saturated heterocycles. The molecule has 0 aromatic rings. The zero-order valence-electron chi connectivity index (χ0n) is 9.87. The van der Waals surface area contributed by atoms with Crippen molar-refractivity contribution in [3.05, 3.63) is 12.2 Å². The lowest BCUT2D eigenvalue weighted by Crippen LogP contribution is -2.24.